The Labute approximate surface area is 161 Å². The minimum atomic E-state index is -3.72. The lowest BCUT2D eigenvalue weighted by atomic mass is 10.1. The molecular formula is C15H13BrN4O4S2. The van der Waals surface area contributed by atoms with E-state index in [4.69, 9.17) is 5.73 Å². The molecule has 0 fully saturated rings. The number of allylic oxidation sites excluding steroid dienone is 5. The largest absolute Gasteiger partial charge is 0.384 e. The van der Waals surface area contributed by atoms with E-state index in [0.717, 1.165) is 11.5 Å². The molecule has 1 aliphatic rings. The van der Waals surface area contributed by atoms with Crippen LogP contribution in [0, 0.1) is 0 Å². The molecule has 2 N–H and O–H groups in total. The zero-order valence-electron chi connectivity index (χ0n) is 13.6. The molecule has 0 saturated heterocycles. The molecule has 2 heterocycles. The topological polar surface area (TPSA) is 124 Å². The molecule has 0 radical (unpaired) electrons. The Bertz CT molecular complexity index is 1190. The van der Waals surface area contributed by atoms with Crippen molar-refractivity contribution in [2.45, 2.75) is 24.3 Å². The molecule has 0 atom stereocenters. The van der Waals surface area contributed by atoms with Gasteiger partial charge in [-0.05, 0) is 53.6 Å². The van der Waals surface area contributed by atoms with Gasteiger partial charge in [-0.1, -0.05) is 6.08 Å². The first-order valence-electron chi connectivity index (χ1n) is 7.36. The predicted octanol–water partition coefficient (Wildman–Crippen LogP) is 1.72. The number of ketones is 1. The van der Waals surface area contributed by atoms with E-state index in [1.165, 1.54) is 42.6 Å². The summed E-state index contributed by atoms with van der Waals surface area (Å²) in [6.07, 6.45) is 5.85. The molecule has 0 saturated carbocycles. The smallest absolute Gasteiger partial charge is 0.283 e. The van der Waals surface area contributed by atoms with E-state index in [-0.39, 0.29) is 27.3 Å². The van der Waals surface area contributed by atoms with E-state index in [2.05, 4.69) is 25.3 Å². The van der Waals surface area contributed by atoms with Crippen LogP contribution >= 0.6 is 27.5 Å². The molecule has 2 aromatic heterocycles. The molecule has 26 heavy (non-hydrogen) atoms. The van der Waals surface area contributed by atoms with Crippen molar-refractivity contribution in [3.8, 4) is 0 Å². The highest BCUT2D eigenvalue weighted by molar-refractivity contribution is 9.12. The summed E-state index contributed by atoms with van der Waals surface area (Å²) in [5, 5.41) is -0.956. The van der Waals surface area contributed by atoms with Crippen molar-refractivity contribution in [2.75, 3.05) is 5.73 Å². The highest BCUT2D eigenvalue weighted by Crippen LogP contribution is 2.25. The van der Waals surface area contributed by atoms with Crippen LogP contribution in [0.4, 0.5) is 5.82 Å². The zero-order valence-corrected chi connectivity index (χ0v) is 16.9. The van der Waals surface area contributed by atoms with Crippen LogP contribution in [-0.4, -0.2) is 33.2 Å². The van der Waals surface area contributed by atoms with Gasteiger partial charge in [-0.2, -0.15) is 9.36 Å². The summed E-state index contributed by atoms with van der Waals surface area (Å²) < 4.78 is 30.5. The van der Waals surface area contributed by atoms with E-state index in [1.54, 1.807) is 0 Å². The summed E-state index contributed by atoms with van der Waals surface area (Å²) in [7, 11) is -3.72. The molecule has 0 aromatic carbocycles. The monoisotopic (exact) mass is 456 g/mol. The second kappa shape index (κ2) is 6.56. The Hall–Kier alpha value is -2.11. The van der Waals surface area contributed by atoms with Gasteiger partial charge in [-0.25, -0.2) is 12.8 Å². The Kier molecular flexibility index (Phi) is 4.71. The summed E-state index contributed by atoms with van der Waals surface area (Å²) >= 11 is 3.92. The summed E-state index contributed by atoms with van der Waals surface area (Å²) in [4.78, 5) is 27.8. The standard InChI is InChI=1S/C15H13BrN4O4S2/c1-7(2)26(23,24)15-19-25-14-18-13(22)9(12(17)20(14)15)5-8-3-4-11(21)10(16)6-8/h3-7H,17H2,1-2H3/b8-5+. The van der Waals surface area contributed by atoms with Gasteiger partial charge in [0.1, 0.15) is 5.82 Å². The Morgan fingerprint density at radius 2 is 2.00 bits per heavy atom. The summed E-state index contributed by atoms with van der Waals surface area (Å²) in [5.41, 5.74) is 6.05. The second-order valence-corrected chi connectivity index (χ2v) is 9.71. The van der Waals surface area contributed by atoms with Gasteiger partial charge in [0.05, 0.1) is 15.3 Å². The number of anilines is 1. The molecule has 1 aliphatic carbocycles. The van der Waals surface area contributed by atoms with Gasteiger partial charge >= 0.3 is 0 Å². The van der Waals surface area contributed by atoms with Gasteiger partial charge in [-0.3, -0.25) is 9.59 Å². The number of nitrogens with two attached hydrogens (primary N) is 1. The maximum absolute atomic E-state index is 12.5. The zero-order chi connectivity index (χ0) is 19.2. The van der Waals surface area contributed by atoms with E-state index in [1.807, 2.05) is 0 Å². The molecule has 0 aliphatic heterocycles. The number of aromatic nitrogens is 3. The molecule has 0 amide bonds. The third kappa shape index (κ3) is 3.06. The van der Waals surface area contributed by atoms with Crippen molar-refractivity contribution in [1.29, 1.82) is 0 Å². The van der Waals surface area contributed by atoms with Gasteiger partial charge in [0.25, 0.3) is 5.56 Å². The van der Waals surface area contributed by atoms with Crippen molar-refractivity contribution in [3.05, 3.63) is 44.2 Å². The van der Waals surface area contributed by atoms with Crippen LogP contribution in [0.3, 0.4) is 0 Å². The molecule has 8 nitrogen and oxygen atoms in total. The molecule has 0 spiro atoms. The van der Waals surface area contributed by atoms with Crippen LogP contribution in [0.1, 0.15) is 19.4 Å². The number of nitrogens with zero attached hydrogens (tertiary/aromatic N) is 3. The number of carbonyl (C=O) groups excluding carboxylic acids is 1. The van der Waals surface area contributed by atoms with E-state index in [0.29, 0.717) is 10.1 Å². The maximum atomic E-state index is 12.5. The number of carbonyl (C=O) groups is 1. The van der Waals surface area contributed by atoms with Crippen molar-refractivity contribution in [3.63, 3.8) is 0 Å². The van der Waals surface area contributed by atoms with Crippen molar-refractivity contribution >= 4 is 59.9 Å². The van der Waals surface area contributed by atoms with Crippen LogP contribution in [0.25, 0.3) is 11.0 Å². The molecule has 11 heteroatoms. The molecule has 0 unspecified atom stereocenters. The van der Waals surface area contributed by atoms with Crippen LogP contribution in [0.15, 0.2) is 38.2 Å². The first kappa shape index (κ1) is 18.7. The van der Waals surface area contributed by atoms with Crippen molar-refractivity contribution in [1.82, 2.24) is 13.8 Å². The molecular weight excluding hydrogens is 444 g/mol. The Morgan fingerprint density at radius 1 is 1.31 bits per heavy atom. The fourth-order valence-electron chi connectivity index (χ4n) is 2.20. The highest BCUT2D eigenvalue weighted by Gasteiger charge is 2.27. The average Bonchev–Trinajstić information content (AvgIpc) is 2.99. The fourth-order valence-corrected chi connectivity index (χ4v) is 4.67. The van der Waals surface area contributed by atoms with Crippen molar-refractivity contribution in [2.24, 2.45) is 0 Å². The molecule has 3 rings (SSSR count). The highest BCUT2D eigenvalue weighted by atomic mass is 79.9. The number of rotatable bonds is 3. The minimum Gasteiger partial charge on any atom is -0.384 e. The lowest BCUT2D eigenvalue weighted by molar-refractivity contribution is -0.110. The third-order valence-electron chi connectivity index (χ3n) is 3.67. The second-order valence-electron chi connectivity index (χ2n) is 5.73. The van der Waals surface area contributed by atoms with E-state index >= 15 is 0 Å². The lowest BCUT2D eigenvalue weighted by Gasteiger charge is -2.09. The number of halogens is 1. The number of fused-ring (bicyclic) bond motifs is 1. The summed E-state index contributed by atoms with van der Waals surface area (Å²) in [5.74, 6) is -0.275. The van der Waals surface area contributed by atoms with Crippen molar-refractivity contribution < 1.29 is 13.2 Å². The molecule has 0 bridgehead atoms. The quantitative estimate of drug-likeness (QED) is 0.744. The minimum absolute atomic E-state index is 0.0217. The van der Waals surface area contributed by atoms with Crippen LogP contribution in [-0.2, 0) is 14.6 Å². The Morgan fingerprint density at radius 3 is 2.62 bits per heavy atom. The third-order valence-corrected chi connectivity index (χ3v) is 7.14. The molecule has 2 aromatic rings. The number of hydrogen-bond donors (Lipinski definition) is 1. The fraction of sp³-hybridized carbons (Fsp3) is 0.200. The van der Waals surface area contributed by atoms with Crippen LogP contribution in [0.2, 0.25) is 0 Å². The van der Waals surface area contributed by atoms with Crippen LogP contribution < -0.4 is 11.3 Å². The van der Waals surface area contributed by atoms with Gasteiger partial charge in [0.2, 0.25) is 20.0 Å². The van der Waals surface area contributed by atoms with Gasteiger partial charge in [0, 0.05) is 11.5 Å². The van der Waals surface area contributed by atoms with Crippen LogP contribution in [0.5, 0.6) is 0 Å². The average molecular weight is 457 g/mol. The first-order chi connectivity index (χ1) is 12.1. The van der Waals surface area contributed by atoms with Gasteiger partial charge in [-0.15, -0.1) is 0 Å². The van der Waals surface area contributed by atoms with E-state index in [9.17, 15) is 18.0 Å². The first-order valence-corrected chi connectivity index (χ1v) is 10.5. The lowest BCUT2D eigenvalue weighted by Crippen LogP contribution is -2.21. The SMILES string of the molecule is CC(C)S(=O)(=O)c1nsc2nc(=O)c(/C=C3\C=CC(=O)C(Br)=C3)c(N)n12. The Balaban J connectivity index is 2.28. The van der Waals surface area contributed by atoms with E-state index < -0.39 is 20.6 Å². The number of sulfone groups is 1. The number of hydrogen-bond acceptors (Lipinski definition) is 8. The number of nitrogen functional groups attached to an aromatic ring is 1. The maximum Gasteiger partial charge on any atom is 0.283 e. The molecule has 136 valence electrons. The predicted molar refractivity (Wildman–Crippen MR) is 103 cm³/mol. The van der Waals surface area contributed by atoms with Gasteiger partial charge in [0.15, 0.2) is 5.78 Å². The summed E-state index contributed by atoms with van der Waals surface area (Å²) in [6, 6.07) is 0. The van der Waals surface area contributed by atoms with Gasteiger partial charge < -0.3 is 5.73 Å². The summed E-state index contributed by atoms with van der Waals surface area (Å²) in [6.45, 7) is 3.06. The normalized spacial score (nSPS) is 16.7.